The molecular formula is C14H10BrN3O6S. The van der Waals surface area contributed by atoms with Crippen molar-refractivity contribution < 1.29 is 24.0 Å². The van der Waals surface area contributed by atoms with Crippen molar-refractivity contribution in [3.63, 3.8) is 0 Å². The van der Waals surface area contributed by atoms with Gasteiger partial charge in [0, 0.05) is 31.5 Å². The average molecular weight is 428 g/mol. The first-order valence-electron chi connectivity index (χ1n) is 6.64. The van der Waals surface area contributed by atoms with Crippen molar-refractivity contribution in [1.29, 1.82) is 0 Å². The van der Waals surface area contributed by atoms with Gasteiger partial charge < -0.3 is 10.1 Å². The number of nitro benzene ring substituents is 1. The van der Waals surface area contributed by atoms with Crippen LogP contribution in [0.25, 0.3) is 6.08 Å². The first-order valence-corrected chi connectivity index (χ1v) is 8.25. The molecule has 2 amide bonds. The molecule has 1 heterocycles. The second kappa shape index (κ2) is 7.57. The number of carbonyl (C=O) groups excluding carboxylic acids is 3. The smallest absolute Gasteiger partial charge is 0.308 e. The highest BCUT2D eigenvalue weighted by atomic mass is 79.9. The number of non-ortho nitro benzene ring substituents is 1. The summed E-state index contributed by atoms with van der Waals surface area (Å²) in [6.45, 7) is 2.45. The fourth-order valence-corrected chi connectivity index (χ4v) is 3.21. The zero-order valence-corrected chi connectivity index (χ0v) is 15.3. The molecule has 1 aromatic rings. The highest BCUT2D eigenvalue weighted by Crippen LogP contribution is 2.37. The van der Waals surface area contributed by atoms with E-state index in [1.54, 1.807) is 0 Å². The Morgan fingerprint density at radius 2 is 2.08 bits per heavy atom. The second-order valence-electron chi connectivity index (χ2n) is 4.71. The molecule has 1 aromatic carbocycles. The van der Waals surface area contributed by atoms with Crippen LogP contribution in [0.3, 0.4) is 0 Å². The Balaban J connectivity index is 2.47. The molecule has 1 aliphatic heterocycles. The van der Waals surface area contributed by atoms with E-state index in [9.17, 15) is 24.5 Å². The van der Waals surface area contributed by atoms with Gasteiger partial charge in [-0.2, -0.15) is 4.99 Å². The van der Waals surface area contributed by atoms with Crippen LogP contribution in [-0.2, 0) is 14.4 Å². The van der Waals surface area contributed by atoms with Gasteiger partial charge in [-0.1, -0.05) is 0 Å². The highest BCUT2D eigenvalue weighted by Gasteiger charge is 2.24. The maximum atomic E-state index is 11.9. The van der Waals surface area contributed by atoms with Gasteiger partial charge in [0.1, 0.15) is 0 Å². The SMILES string of the molecule is CC(=O)NC1=NC(=O)/C(=C/c2cc([N+](=O)[O-])cc(Br)c2OC(C)=O)S1. The molecule has 0 aliphatic carbocycles. The maximum Gasteiger partial charge on any atom is 0.308 e. The third-order valence-electron chi connectivity index (χ3n) is 2.70. The Kier molecular flexibility index (Phi) is 5.69. The number of hydrogen-bond donors (Lipinski definition) is 1. The Morgan fingerprint density at radius 3 is 2.64 bits per heavy atom. The quantitative estimate of drug-likeness (QED) is 0.257. The largest absolute Gasteiger partial charge is 0.425 e. The van der Waals surface area contributed by atoms with Gasteiger partial charge in [-0.05, 0) is 33.8 Å². The number of esters is 1. The number of rotatable bonds is 3. The monoisotopic (exact) mass is 427 g/mol. The molecule has 9 nitrogen and oxygen atoms in total. The van der Waals surface area contributed by atoms with Crippen LogP contribution in [0.4, 0.5) is 5.69 Å². The van der Waals surface area contributed by atoms with Crippen LogP contribution >= 0.6 is 27.7 Å². The highest BCUT2D eigenvalue weighted by molar-refractivity contribution is 9.10. The summed E-state index contributed by atoms with van der Waals surface area (Å²) in [5.74, 6) is -1.61. The molecule has 11 heteroatoms. The molecule has 0 unspecified atom stereocenters. The Bertz CT molecular complexity index is 864. The molecule has 0 aromatic heterocycles. The zero-order valence-electron chi connectivity index (χ0n) is 12.9. The van der Waals surface area contributed by atoms with Crippen LogP contribution in [0.15, 0.2) is 26.5 Å². The number of ether oxygens (including phenoxy) is 1. The Labute approximate surface area is 153 Å². The van der Waals surface area contributed by atoms with Crippen molar-refractivity contribution in [1.82, 2.24) is 5.32 Å². The number of benzene rings is 1. The molecule has 1 aliphatic rings. The fourth-order valence-electron chi connectivity index (χ4n) is 1.82. The predicted molar refractivity (Wildman–Crippen MR) is 93.9 cm³/mol. The number of nitrogens with zero attached hydrogens (tertiary/aromatic N) is 2. The number of nitro groups is 1. The van der Waals surface area contributed by atoms with Gasteiger partial charge in [-0.15, -0.1) is 0 Å². The molecule has 25 heavy (non-hydrogen) atoms. The summed E-state index contributed by atoms with van der Waals surface area (Å²) in [7, 11) is 0. The third-order valence-corrected chi connectivity index (χ3v) is 4.19. The minimum absolute atomic E-state index is 0.0342. The van der Waals surface area contributed by atoms with Crippen LogP contribution in [0, 0.1) is 10.1 Å². The van der Waals surface area contributed by atoms with Crippen molar-refractivity contribution in [3.8, 4) is 5.75 Å². The van der Waals surface area contributed by atoms with Gasteiger partial charge in [0.2, 0.25) is 5.91 Å². The van der Waals surface area contributed by atoms with Gasteiger partial charge in [0.05, 0.1) is 14.3 Å². The molecule has 0 radical (unpaired) electrons. The fraction of sp³-hybridized carbons (Fsp3) is 0.143. The van der Waals surface area contributed by atoms with Crippen molar-refractivity contribution in [2.24, 2.45) is 4.99 Å². The van der Waals surface area contributed by atoms with E-state index in [0.29, 0.717) is 0 Å². The number of amidine groups is 1. The molecule has 0 saturated carbocycles. The van der Waals surface area contributed by atoms with Crippen molar-refractivity contribution in [2.75, 3.05) is 0 Å². The average Bonchev–Trinajstić information content (AvgIpc) is 2.80. The van der Waals surface area contributed by atoms with Gasteiger partial charge in [-0.25, -0.2) is 0 Å². The number of thioether (sulfide) groups is 1. The second-order valence-corrected chi connectivity index (χ2v) is 6.60. The van der Waals surface area contributed by atoms with Crippen LogP contribution in [0.2, 0.25) is 0 Å². The standard InChI is InChI=1S/C14H10BrN3O6S/c1-6(19)16-14-17-13(21)11(25-14)4-8-3-9(18(22)23)5-10(15)12(8)24-7(2)20/h3-5H,1-2H3,(H,16,17,19,21)/b11-4-. The number of hydrogen-bond acceptors (Lipinski definition) is 7. The molecule has 0 spiro atoms. The van der Waals surface area contributed by atoms with Crippen molar-refractivity contribution in [2.45, 2.75) is 13.8 Å². The summed E-state index contributed by atoms with van der Waals surface area (Å²) in [4.78, 5) is 48.4. The lowest BCUT2D eigenvalue weighted by Gasteiger charge is -2.09. The maximum absolute atomic E-state index is 11.9. The lowest BCUT2D eigenvalue weighted by atomic mass is 10.1. The number of amides is 2. The summed E-state index contributed by atoms with van der Waals surface area (Å²) >= 11 is 4.01. The van der Waals surface area contributed by atoms with Gasteiger partial charge >= 0.3 is 5.97 Å². The van der Waals surface area contributed by atoms with E-state index in [4.69, 9.17) is 4.74 Å². The lowest BCUT2D eigenvalue weighted by Crippen LogP contribution is -2.23. The van der Waals surface area contributed by atoms with E-state index in [1.807, 2.05) is 0 Å². The minimum atomic E-state index is -0.630. The molecule has 0 atom stereocenters. The molecular weight excluding hydrogens is 418 g/mol. The number of aliphatic imine (C=N–C) groups is 1. The van der Waals surface area contributed by atoms with E-state index in [0.717, 1.165) is 11.8 Å². The van der Waals surface area contributed by atoms with E-state index < -0.39 is 16.8 Å². The number of nitrogens with one attached hydrogen (secondary N) is 1. The first-order chi connectivity index (χ1) is 11.7. The topological polar surface area (TPSA) is 128 Å². The minimum Gasteiger partial charge on any atom is -0.425 e. The van der Waals surface area contributed by atoms with Gasteiger partial charge in [0.25, 0.3) is 11.6 Å². The normalized spacial score (nSPS) is 15.1. The third kappa shape index (κ3) is 4.73. The molecule has 0 bridgehead atoms. The van der Waals surface area contributed by atoms with E-state index >= 15 is 0 Å². The predicted octanol–water partition coefficient (Wildman–Crippen LogP) is 2.39. The summed E-state index contributed by atoms with van der Waals surface area (Å²) in [5.41, 5.74) is -0.112. The molecule has 130 valence electrons. The van der Waals surface area contributed by atoms with Crippen LogP contribution < -0.4 is 10.1 Å². The van der Waals surface area contributed by atoms with Gasteiger partial charge in [-0.3, -0.25) is 24.5 Å². The molecule has 1 N–H and O–H groups in total. The molecule has 0 saturated heterocycles. The van der Waals surface area contributed by atoms with E-state index in [2.05, 4.69) is 26.2 Å². The Morgan fingerprint density at radius 1 is 1.40 bits per heavy atom. The summed E-state index contributed by atoms with van der Waals surface area (Å²) in [6.07, 6.45) is 1.31. The van der Waals surface area contributed by atoms with Crippen molar-refractivity contribution in [3.05, 3.63) is 37.2 Å². The van der Waals surface area contributed by atoms with Crippen molar-refractivity contribution >= 4 is 62.4 Å². The summed E-state index contributed by atoms with van der Waals surface area (Å²) in [5, 5.41) is 13.5. The number of halogens is 1. The van der Waals surface area contributed by atoms with E-state index in [1.165, 1.54) is 32.1 Å². The zero-order chi connectivity index (χ0) is 18.7. The Hall–Kier alpha value is -2.53. The van der Waals surface area contributed by atoms with Crippen LogP contribution in [-0.4, -0.2) is 27.9 Å². The van der Waals surface area contributed by atoms with Gasteiger partial charge in [0.15, 0.2) is 10.9 Å². The number of carbonyl (C=O) groups is 3. The van der Waals surface area contributed by atoms with E-state index in [-0.39, 0.29) is 37.5 Å². The molecule has 2 rings (SSSR count). The summed E-state index contributed by atoms with van der Waals surface area (Å²) in [6, 6.07) is 2.35. The van der Waals surface area contributed by atoms with Crippen LogP contribution in [0.1, 0.15) is 19.4 Å². The van der Waals surface area contributed by atoms with Crippen LogP contribution in [0.5, 0.6) is 5.75 Å². The molecule has 0 fully saturated rings. The first kappa shape index (κ1) is 18.8. The lowest BCUT2D eigenvalue weighted by molar-refractivity contribution is -0.385. The summed E-state index contributed by atoms with van der Waals surface area (Å²) < 4.78 is 5.25.